The molecule has 0 fully saturated rings. The Morgan fingerprint density at radius 3 is 2.53 bits per heavy atom. The van der Waals surface area contributed by atoms with Gasteiger partial charge in [0.2, 0.25) is 0 Å². The first-order valence-corrected chi connectivity index (χ1v) is 11.5. The summed E-state index contributed by atoms with van der Waals surface area (Å²) in [6, 6.07) is 4.91. The Balaban J connectivity index is 2.10. The number of allylic oxidation sites excluding steroid dienone is 5. The number of aliphatic carboxylic acids is 1. The Bertz CT molecular complexity index is 1110. The number of benzene rings is 1. The maximum absolute atomic E-state index is 13.7. The minimum atomic E-state index is -5.01. The monoisotopic (exact) mass is 580 g/mol. The van der Waals surface area contributed by atoms with E-state index in [9.17, 15) is 36.2 Å². The average molecular weight is 581 g/mol. The van der Waals surface area contributed by atoms with Crippen molar-refractivity contribution in [3.8, 4) is 17.6 Å². The van der Waals surface area contributed by atoms with Gasteiger partial charge in [0.05, 0.1) is 4.47 Å². The predicted octanol–water partition coefficient (Wildman–Crippen LogP) is 6.81. The lowest BCUT2D eigenvalue weighted by molar-refractivity contribution is -0.190. The summed E-state index contributed by atoms with van der Waals surface area (Å²) in [5.74, 6) is 3.60. The van der Waals surface area contributed by atoms with Crippen LogP contribution in [0.3, 0.4) is 0 Å². The second kappa shape index (κ2) is 12.0. The molecule has 11 heteroatoms. The third-order valence-corrected chi connectivity index (χ3v) is 5.81. The summed E-state index contributed by atoms with van der Waals surface area (Å²) in [5.41, 5.74) is -3.39. The van der Waals surface area contributed by atoms with Gasteiger partial charge in [0.15, 0.2) is 6.10 Å². The smallest absolute Gasteiger partial charge is 0.412 e. The van der Waals surface area contributed by atoms with Gasteiger partial charge < -0.3 is 14.6 Å². The number of alkyl halides is 6. The molecule has 0 amide bonds. The predicted molar refractivity (Wildman–Crippen MR) is 124 cm³/mol. The van der Waals surface area contributed by atoms with Gasteiger partial charge >= 0.3 is 18.3 Å². The van der Waals surface area contributed by atoms with Crippen LogP contribution in [-0.4, -0.2) is 42.7 Å². The van der Waals surface area contributed by atoms with Gasteiger partial charge in [-0.05, 0) is 59.1 Å². The highest BCUT2D eigenvalue weighted by Crippen LogP contribution is 2.48. The van der Waals surface area contributed by atoms with E-state index in [4.69, 9.17) is 9.47 Å². The van der Waals surface area contributed by atoms with Gasteiger partial charge in [0, 0.05) is 25.0 Å². The van der Waals surface area contributed by atoms with Crippen LogP contribution in [0.1, 0.15) is 25.8 Å². The molecule has 0 saturated carbocycles. The Morgan fingerprint density at radius 1 is 1.28 bits per heavy atom. The van der Waals surface area contributed by atoms with E-state index < -0.39 is 41.8 Å². The fourth-order valence-electron chi connectivity index (χ4n) is 3.23. The van der Waals surface area contributed by atoms with Crippen LogP contribution in [0.2, 0.25) is 0 Å². The molecule has 0 saturated heterocycles. The van der Waals surface area contributed by atoms with Crippen LogP contribution in [0.5, 0.6) is 5.75 Å². The van der Waals surface area contributed by atoms with Crippen molar-refractivity contribution in [3.05, 3.63) is 63.7 Å². The minimum absolute atomic E-state index is 0.0717. The summed E-state index contributed by atoms with van der Waals surface area (Å²) in [4.78, 5) is 11.2. The summed E-state index contributed by atoms with van der Waals surface area (Å²) in [6.45, 7) is 3.28. The fraction of sp³-hybridized carbons (Fsp3) is 0.400. The summed E-state index contributed by atoms with van der Waals surface area (Å²) in [5, 5.41) is 9.20. The Hall–Kier alpha value is -2.71. The van der Waals surface area contributed by atoms with Gasteiger partial charge in [-0.15, -0.1) is 0 Å². The van der Waals surface area contributed by atoms with Gasteiger partial charge in [0.25, 0.3) is 0 Å². The topological polar surface area (TPSA) is 55.8 Å². The summed E-state index contributed by atoms with van der Waals surface area (Å²) < 4.78 is 91.4. The molecule has 1 aromatic rings. The molecule has 196 valence electrons. The number of rotatable bonds is 8. The fourth-order valence-corrected chi connectivity index (χ4v) is 3.77. The molecule has 2 rings (SSSR count). The zero-order chi connectivity index (χ0) is 27.1. The molecular weight excluding hydrogens is 558 g/mol. The van der Waals surface area contributed by atoms with E-state index in [-0.39, 0.29) is 25.2 Å². The van der Waals surface area contributed by atoms with Crippen LogP contribution in [0, 0.1) is 17.3 Å². The van der Waals surface area contributed by atoms with Crippen molar-refractivity contribution < 1.29 is 45.7 Å². The van der Waals surface area contributed by atoms with Crippen LogP contribution in [0.4, 0.5) is 26.3 Å². The molecule has 1 aliphatic carbocycles. The quantitative estimate of drug-likeness (QED) is 0.271. The largest absolute Gasteiger partial charge is 0.488 e. The normalized spacial score (nSPS) is 19.2. The summed E-state index contributed by atoms with van der Waals surface area (Å²) in [7, 11) is 0. The van der Waals surface area contributed by atoms with Crippen molar-refractivity contribution in [1.29, 1.82) is 0 Å². The van der Waals surface area contributed by atoms with Gasteiger partial charge in [-0.1, -0.05) is 36.1 Å². The second-order valence-corrected chi connectivity index (χ2v) is 8.75. The first-order valence-electron chi connectivity index (χ1n) is 10.7. The molecule has 1 N–H and O–H groups in total. The highest BCUT2D eigenvalue weighted by atomic mass is 79.9. The van der Waals surface area contributed by atoms with Crippen molar-refractivity contribution in [1.82, 2.24) is 0 Å². The summed E-state index contributed by atoms with van der Waals surface area (Å²) in [6.07, 6.45) is -8.70. The third-order valence-electron chi connectivity index (χ3n) is 5.19. The number of carboxylic acid groups (broad SMARTS) is 1. The molecular formula is C25H23BrF6O4. The Morgan fingerprint density at radius 2 is 1.97 bits per heavy atom. The van der Waals surface area contributed by atoms with Gasteiger partial charge in [0.1, 0.15) is 17.8 Å². The molecule has 4 nitrogen and oxygen atoms in total. The maximum Gasteiger partial charge on any atom is 0.412 e. The molecule has 1 aliphatic rings. The van der Waals surface area contributed by atoms with Crippen LogP contribution in [0.15, 0.2) is 58.1 Å². The van der Waals surface area contributed by atoms with E-state index in [0.29, 0.717) is 27.9 Å². The van der Waals surface area contributed by atoms with E-state index in [0.717, 1.165) is 6.08 Å². The van der Waals surface area contributed by atoms with Crippen molar-refractivity contribution in [2.24, 2.45) is 5.41 Å². The first kappa shape index (κ1) is 29.5. The zero-order valence-corrected chi connectivity index (χ0v) is 20.9. The third kappa shape index (κ3) is 7.90. The van der Waals surface area contributed by atoms with Crippen LogP contribution < -0.4 is 4.74 Å². The number of halogens is 7. The zero-order valence-electron chi connectivity index (χ0n) is 19.3. The summed E-state index contributed by atoms with van der Waals surface area (Å²) >= 11 is 3.32. The van der Waals surface area contributed by atoms with Crippen LogP contribution >= 0.6 is 15.9 Å². The maximum atomic E-state index is 13.7. The molecule has 0 bridgehead atoms. The van der Waals surface area contributed by atoms with Gasteiger partial charge in [-0.3, -0.25) is 0 Å². The molecule has 0 heterocycles. The highest BCUT2D eigenvalue weighted by molar-refractivity contribution is 9.10. The molecule has 0 aliphatic heterocycles. The van der Waals surface area contributed by atoms with Crippen molar-refractivity contribution in [2.75, 3.05) is 13.2 Å². The molecule has 1 aromatic carbocycles. The molecule has 1 unspecified atom stereocenters. The Labute approximate surface area is 212 Å². The molecule has 0 radical (unpaired) electrons. The Kier molecular flexibility index (Phi) is 9.85. The van der Waals surface area contributed by atoms with Crippen molar-refractivity contribution in [2.45, 2.75) is 45.1 Å². The second-order valence-electron chi connectivity index (χ2n) is 7.89. The number of ether oxygens (including phenoxy) is 2. The van der Waals surface area contributed by atoms with E-state index >= 15 is 0 Å². The lowest BCUT2D eigenvalue weighted by atomic mass is 9.77. The number of carboxylic acids is 1. The van der Waals surface area contributed by atoms with E-state index in [1.54, 1.807) is 25.1 Å². The van der Waals surface area contributed by atoms with E-state index in [1.807, 2.05) is 5.92 Å². The molecule has 2 atom stereocenters. The number of hydrogen-bond donors (Lipinski definition) is 1. The lowest BCUT2D eigenvalue weighted by Crippen LogP contribution is -2.38. The molecule has 0 spiro atoms. The van der Waals surface area contributed by atoms with E-state index in [2.05, 4.69) is 21.9 Å². The van der Waals surface area contributed by atoms with Crippen LogP contribution in [0.25, 0.3) is 0 Å². The number of hydrogen-bond acceptors (Lipinski definition) is 3. The standard InChI is InChI=1S/C25H23BrF6O4/c1-3-35-21(22(33)34)14-17-6-7-20(19(26)13-17)36-12-9-16(2)8-11-23(25(30,31)32)10-4-5-18(15-23)24(27,28)29/h4-7,9-10,13,21H,3,12,14-15H2,1-2H3,(H,33,34)/b16-9-/t21-,23?/m0/s1. The lowest BCUT2D eigenvalue weighted by Gasteiger charge is -2.31. The van der Waals surface area contributed by atoms with Crippen molar-refractivity contribution in [3.63, 3.8) is 0 Å². The van der Waals surface area contributed by atoms with Crippen molar-refractivity contribution >= 4 is 21.9 Å². The van der Waals surface area contributed by atoms with Gasteiger partial charge in [-0.25, -0.2) is 4.79 Å². The highest BCUT2D eigenvalue weighted by Gasteiger charge is 2.55. The average Bonchev–Trinajstić information content (AvgIpc) is 2.77. The SMILES string of the molecule is CCO[C@@H](Cc1ccc(OC/C=C(/C)C#CC2(C(F)(F)F)C=CC=C(C(F)(F)F)C2)c(Br)c1)C(=O)O. The van der Waals surface area contributed by atoms with E-state index in [1.165, 1.54) is 13.0 Å². The molecule has 36 heavy (non-hydrogen) atoms. The van der Waals surface area contributed by atoms with Crippen LogP contribution in [-0.2, 0) is 16.0 Å². The molecule has 0 aromatic heterocycles. The first-order chi connectivity index (χ1) is 16.7. The number of carbonyl (C=O) groups is 1. The minimum Gasteiger partial charge on any atom is -0.488 e. The van der Waals surface area contributed by atoms with Gasteiger partial charge in [-0.2, -0.15) is 26.3 Å².